The monoisotopic (exact) mass is 512 g/mol. The van der Waals surface area contributed by atoms with Gasteiger partial charge in [-0.15, -0.1) is 0 Å². The molecule has 1 saturated heterocycles. The molecule has 1 fully saturated rings. The van der Waals surface area contributed by atoms with Crippen LogP contribution in [0, 0.1) is 12.8 Å². The van der Waals surface area contributed by atoms with Crippen LogP contribution in [0.4, 0.5) is 8.78 Å². The number of hydroxylamine groups is 1. The highest BCUT2D eigenvalue weighted by molar-refractivity contribution is 5.94. The van der Waals surface area contributed by atoms with Crippen molar-refractivity contribution in [3.8, 4) is 5.75 Å². The number of nitrogens with one attached hydrogen (secondary N) is 2. The van der Waals surface area contributed by atoms with E-state index in [1.54, 1.807) is 34.6 Å². The van der Waals surface area contributed by atoms with Gasteiger partial charge in [-0.2, -0.15) is 0 Å². The van der Waals surface area contributed by atoms with Crippen LogP contribution < -0.4 is 15.5 Å². The van der Waals surface area contributed by atoms with Crippen molar-refractivity contribution in [3.63, 3.8) is 0 Å². The van der Waals surface area contributed by atoms with E-state index in [0.29, 0.717) is 30.9 Å². The number of hydrogen-bond acceptors (Lipinski definition) is 6. The zero-order valence-electron chi connectivity index (χ0n) is 20.5. The predicted molar refractivity (Wildman–Crippen MR) is 134 cm³/mol. The number of rotatable bonds is 9. The van der Waals surface area contributed by atoms with Gasteiger partial charge in [0.25, 0.3) is 12.3 Å². The van der Waals surface area contributed by atoms with E-state index in [-0.39, 0.29) is 24.8 Å². The molecule has 196 valence electrons. The second-order valence-electron chi connectivity index (χ2n) is 9.27. The number of likely N-dealkylation sites (tertiary alicyclic amines) is 1. The molecule has 2 atom stereocenters. The maximum Gasteiger partial charge on any atom is 0.251 e. The van der Waals surface area contributed by atoms with Gasteiger partial charge in [-0.1, -0.05) is 18.2 Å². The van der Waals surface area contributed by atoms with Crippen LogP contribution in [-0.2, 0) is 11.4 Å². The van der Waals surface area contributed by atoms with Crippen molar-refractivity contribution < 1.29 is 28.3 Å². The number of pyridine rings is 1. The molecule has 0 aliphatic carbocycles. The van der Waals surface area contributed by atoms with Crippen molar-refractivity contribution >= 4 is 22.7 Å². The number of hydrogen-bond donors (Lipinski definition) is 3. The minimum atomic E-state index is -2.49. The number of piperidine rings is 1. The van der Waals surface area contributed by atoms with E-state index in [9.17, 15) is 18.4 Å². The highest BCUT2D eigenvalue weighted by Gasteiger charge is 2.33. The summed E-state index contributed by atoms with van der Waals surface area (Å²) < 4.78 is 31.8. The Kier molecular flexibility index (Phi) is 8.62. The summed E-state index contributed by atoms with van der Waals surface area (Å²) in [6, 6.07) is 16.0. The summed E-state index contributed by atoms with van der Waals surface area (Å²) in [5.41, 5.74) is 4.79. The molecule has 2 aromatic carbocycles. The summed E-state index contributed by atoms with van der Waals surface area (Å²) in [5, 5.41) is 12.8. The molecular weight excluding hydrogens is 482 g/mol. The predicted octanol–water partition coefficient (Wildman–Crippen LogP) is 3.70. The summed E-state index contributed by atoms with van der Waals surface area (Å²) in [5.74, 6) is -0.648. The van der Waals surface area contributed by atoms with E-state index >= 15 is 0 Å². The quantitative estimate of drug-likeness (QED) is 0.298. The third-order valence-corrected chi connectivity index (χ3v) is 6.57. The second kappa shape index (κ2) is 12.1. The molecule has 1 aliphatic rings. The smallest absolute Gasteiger partial charge is 0.251 e. The second-order valence-corrected chi connectivity index (χ2v) is 9.27. The molecule has 2 amide bonds. The van der Waals surface area contributed by atoms with Gasteiger partial charge in [0.1, 0.15) is 12.4 Å². The lowest BCUT2D eigenvalue weighted by atomic mass is 9.88. The first-order valence-electron chi connectivity index (χ1n) is 12.1. The number of para-hydroxylation sites is 1. The molecule has 0 spiro atoms. The highest BCUT2D eigenvalue weighted by atomic mass is 19.3. The zero-order chi connectivity index (χ0) is 26.4. The lowest BCUT2D eigenvalue weighted by Gasteiger charge is -2.38. The number of fused-ring (bicyclic) bond motifs is 1. The van der Waals surface area contributed by atoms with Crippen LogP contribution in [0.3, 0.4) is 0 Å². The lowest BCUT2D eigenvalue weighted by molar-refractivity contribution is -0.130. The van der Waals surface area contributed by atoms with Crippen molar-refractivity contribution in [3.05, 3.63) is 71.4 Å². The van der Waals surface area contributed by atoms with Crippen molar-refractivity contribution in [2.45, 2.75) is 38.8 Å². The molecule has 4 rings (SSSR count). The Morgan fingerprint density at radius 3 is 2.68 bits per heavy atom. The molecule has 0 bridgehead atoms. The van der Waals surface area contributed by atoms with Crippen molar-refractivity contribution in [2.24, 2.45) is 5.92 Å². The molecule has 0 saturated carbocycles. The number of aryl methyl sites for hydroxylation is 1. The summed E-state index contributed by atoms with van der Waals surface area (Å²) in [4.78, 5) is 30.8. The van der Waals surface area contributed by atoms with Crippen LogP contribution in [0.2, 0.25) is 0 Å². The van der Waals surface area contributed by atoms with Gasteiger partial charge in [0.05, 0.1) is 12.1 Å². The maximum absolute atomic E-state index is 12.9. The first-order valence-corrected chi connectivity index (χ1v) is 12.1. The van der Waals surface area contributed by atoms with E-state index < -0.39 is 24.9 Å². The Morgan fingerprint density at radius 2 is 1.95 bits per heavy atom. The minimum absolute atomic E-state index is 0.0140. The Morgan fingerprint density at radius 1 is 1.19 bits per heavy atom. The molecule has 8 nitrogen and oxygen atoms in total. The Hall–Kier alpha value is -3.63. The lowest BCUT2D eigenvalue weighted by Crippen LogP contribution is -2.54. The Balaban J connectivity index is 1.40. The first kappa shape index (κ1) is 26.4. The molecule has 3 N–H and O–H groups in total. The summed E-state index contributed by atoms with van der Waals surface area (Å²) in [6.07, 6.45) is -2.06. The normalized spacial score (nSPS) is 18.1. The van der Waals surface area contributed by atoms with Gasteiger partial charge in [0.2, 0.25) is 5.91 Å². The van der Waals surface area contributed by atoms with Gasteiger partial charge in [0, 0.05) is 41.2 Å². The maximum atomic E-state index is 12.9. The molecule has 3 aromatic rings. The third-order valence-electron chi connectivity index (χ3n) is 6.57. The van der Waals surface area contributed by atoms with Gasteiger partial charge >= 0.3 is 0 Å². The number of carbonyl (C=O) groups is 2. The molecule has 0 radical (unpaired) electrons. The van der Waals surface area contributed by atoms with Crippen LogP contribution in [0.25, 0.3) is 10.9 Å². The molecule has 1 aliphatic heterocycles. The fourth-order valence-corrected chi connectivity index (χ4v) is 4.75. The van der Waals surface area contributed by atoms with E-state index in [1.807, 2.05) is 37.3 Å². The number of ether oxygens (including phenoxy) is 1. The van der Waals surface area contributed by atoms with Gasteiger partial charge in [0.15, 0.2) is 0 Å². The molecule has 10 heteroatoms. The van der Waals surface area contributed by atoms with Gasteiger partial charge < -0.3 is 10.1 Å². The summed E-state index contributed by atoms with van der Waals surface area (Å²) in [7, 11) is 0. The molecule has 1 aromatic heterocycles. The molecule has 37 heavy (non-hydrogen) atoms. The number of aromatic nitrogens is 1. The van der Waals surface area contributed by atoms with Crippen molar-refractivity contribution in [1.82, 2.24) is 20.7 Å². The average molecular weight is 513 g/mol. The largest absolute Gasteiger partial charge is 0.489 e. The van der Waals surface area contributed by atoms with Crippen LogP contribution in [0.5, 0.6) is 5.75 Å². The first-order chi connectivity index (χ1) is 17.8. The Bertz CT molecular complexity index is 1240. The van der Waals surface area contributed by atoms with Gasteiger partial charge in [-0.05, 0) is 62.2 Å². The Labute approximate surface area is 213 Å². The van der Waals surface area contributed by atoms with E-state index in [1.165, 1.54) is 0 Å². The van der Waals surface area contributed by atoms with Crippen LogP contribution in [0.15, 0.2) is 54.6 Å². The molecule has 2 heterocycles. The van der Waals surface area contributed by atoms with E-state index in [0.717, 1.165) is 22.2 Å². The number of nitrogens with zero attached hydrogens (tertiary/aromatic N) is 2. The fourth-order valence-electron chi connectivity index (χ4n) is 4.75. The van der Waals surface area contributed by atoms with Gasteiger partial charge in [-0.25, -0.2) is 14.3 Å². The molecule has 0 unspecified atom stereocenters. The number of amides is 2. The molecular formula is C27H30F2N4O4. The van der Waals surface area contributed by atoms with Crippen LogP contribution in [0.1, 0.15) is 34.5 Å². The number of alkyl halides is 2. The van der Waals surface area contributed by atoms with E-state index in [4.69, 9.17) is 9.94 Å². The van der Waals surface area contributed by atoms with Gasteiger partial charge in [-0.3, -0.25) is 24.7 Å². The number of carbonyl (C=O) groups excluding carboxylic acids is 2. The SMILES string of the molecule is Cc1cc(COc2ccc(C(=O)N[C@@H]3CN(CC(F)F)CC[C@H]3CC(=O)NO)cc2)c2ccccc2n1. The fraction of sp³-hybridized carbons (Fsp3) is 0.370. The van der Waals surface area contributed by atoms with Crippen molar-refractivity contribution in [2.75, 3.05) is 19.6 Å². The number of halogens is 2. The average Bonchev–Trinajstić information content (AvgIpc) is 2.88. The third kappa shape index (κ3) is 6.99. The van der Waals surface area contributed by atoms with Crippen LogP contribution in [-0.4, -0.2) is 59.0 Å². The van der Waals surface area contributed by atoms with E-state index in [2.05, 4.69) is 10.3 Å². The highest BCUT2D eigenvalue weighted by Crippen LogP contribution is 2.24. The summed E-state index contributed by atoms with van der Waals surface area (Å²) in [6.45, 7) is 2.46. The minimum Gasteiger partial charge on any atom is -0.489 e. The standard InChI is InChI=1S/C27H30F2N4O4/c1-17-12-20(22-4-2-3-5-23(22)30-17)16-37-21-8-6-18(7-9-21)27(35)31-24-14-33(15-25(28)29)11-10-19(24)13-26(34)32-36/h2-9,12,19,24-25,36H,10-11,13-16H2,1H3,(H,31,35)(H,32,34)/t19-,24+/m0/s1. The van der Waals surface area contributed by atoms with Crippen LogP contribution >= 0.6 is 0 Å². The van der Waals surface area contributed by atoms with Crippen molar-refractivity contribution in [1.29, 1.82) is 0 Å². The summed E-state index contributed by atoms with van der Waals surface area (Å²) >= 11 is 0. The number of benzene rings is 2. The zero-order valence-corrected chi connectivity index (χ0v) is 20.5. The topological polar surface area (TPSA) is 104 Å².